The first-order valence-electron chi connectivity index (χ1n) is 9.39. The second-order valence-corrected chi connectivity index (χ2v) is 8.60. The van der Waals surface area contributed by atoms with Crippen LogP contribution < -0.4 is 0 Å². The summed E-state index contributed by atoms with van der Waals surface area (Å²) in [5.74, 6) is -0.500. The fourth-order valence-electron chi connectivity index (χ4n) is 4.69. The highest BCUT2D eigenvalue weighted by Crippen LogP contribution is 2.48. The van der Waals surface area contributed by atoms with Crippen molar-refractivity contribution in [3.63, 3.8) is 0 Å². The highest BCUT2D eigenvalue weighted by molar-refractivity contribution is 6.04. The lowest BCUT2D eigenvalue weighted by Gasteiger charge is -2.38. The smallest absolute Gasteiger partial charge is 0.253 e. The fourth-order valence-corrected chi connectivity index (χ4v) is 4.69. The summed E-state index contributed by atoms with van der Waals surface area (Å²) in [6, 6.07) is 11.8. The molecule has 0 unspecified atom stereocenters. The number of fused-ring (bicyclic) bond motifs is 1. The molecule has 4 nitrogen and oxygen atoms in total. The van der Waals surface area contributed by atoms with Gasteiger partial charge in [0.2, 0.25) is 0 Å². The average molecular weight is 376 g/mol. The summed E-state index contributed by atoms with van der Waals surface area (Å²) in [7, 11) is 0. The minimum Gasteiger partial charge on any atom is -0.338 e. The predicted octanol–water partition coefficient (Wildman–Crippen LogP) is 4.26. The molecule has 0 radical (unpaired) electrons. The topological polar surface area (TPSA) is 61.2 Å². The molecule has 1 saturated heterocycles. The molecule has 0 saturated carbocycles. The van der Waals surface area contributed by atoms with E-state index in [0.29, 0.717) is 25.1 Å². The van der Waals surface area contributed by atoms with Gasteiger partial charge in [0.25, 0.3) is 5.91 Å². The van der Waals surface area contributed by atoms with Crippen LogP contribution in [0.1, 0.15) is 37.0 Å². The van der Waals surface area contributed by atoms with Crippen molar-refractivity contribution < 1.29 is 14.0 Å². The van der Waals surface area contributed by atoms with Gasteiger partial charge < -0.3 is 4.90 Å². The van der Waals surface area contributed by atoms with Crippen LogP contribution in [0.25, 0.3) is 10.8 Å². The monoisotopic (exact) mass is 376 g/mol. The molecular formula is C23H21FN2O2. The molecule has 2 aromatic rings. The Morgan fingerprint density at radius 1 is 1.18 bits per heavy atom. The van der Waals surface area contributed by atoms with Crippen molar-refractivity contribution in [1.82, 2.24) is 4.90 Å². The zero-order chi connectivity index (χ0) is 20.1. The van der Waals surface area contributed by atoms with Crippen LogP contribution in [0.2, 0.25) is 0 Å². The van der Waals surface area contributed by atoms with E-state index in [1.807, 2.05) is 19.9 Å². The van der Waals surface area contributed by atoms with Crippen LogP contribution in [0, 0.1) is 28.0 Å². The van der Waals surface area contributed by atoms with E-state index in [2.05, 4.69) is 0 Å². The first kappa shape index (κ1) is 18.4. The van der Waals surface area contributed by atoms with Crippen LogP contribution in [0.5, 0.6) is 0 Å². The number of carbonyl (C=O) groups is 2. The molecule has 1 aliphatic heterocycles. The van der Waals surface area contributed by atoms with Gasteiger partial charge in [-0.25, -0.2) is 4.39 Å². The third-order valence-corrected chi connectivity index (χ3v) is 5.95. The number of Topliss-reactive ketones (excluding diaryl/α,β-unsaturated/α-hetero) is 1. The fraction of sp³-hybridized carbons (Fsp3) is 0.348. The maximum Gasteiger partial charge on any atom is 0.253 e. The number of hydrogen-bond donors (Lipinski definition) is 0. The van der Waals surface area contributed by atoms with Gasteiger partial charge in [-0.3, -0.25) is 9.59 Å². The van der Waals surface area contributed by atoms with Crippen molar-refractivity contribution >= 4 is 22.5 Å². The summed E-state index contributed by atoms with van der Waals surface area (Å²) in [6.07, 6.45) is 3.15. The first-order valence-corrected chi connectivity index (χ1v) is 9.39. The second-order valence-electron chi connectivity index (χ2n) is 8.60. The Balaban J connectivity index is 1.61. The summed E-state index contributed by atoms with van der Waals surface area (Å²) in [5.41, 5.74) is -0.172. The second kappa shape index (κ2) is 6.27. The molecule has 1 atom stereocenters. The van der Waals surface area contributed by atoms with E-state index in [-0.39, 0.29) is 28.5 Å². The SMILES string of the molecule is CC1(C)C[C@]2(C=C(C#N)C1=O)CCN(C(=O)c1ccc3cc(F)ccc3c1)C2. The lowest BCUT2D eigenvalue weighted by molar-refractivity contribution is -0.125. The quantitative estimate of drug-likeness (QED) is 0.747. The molecule has 28 heavy (non-hydrogen) atoms. The largest absolute Gasteiger partial charge is 0.338 e. The number of carbonyl (C=O) groups excluding carboxylic acids is 2. The van der Waals surface area contributed by atoms with Crippen LogP contribution in [0.15, 0.2) is 48.0 Å². The molecule has 1 spiro atoms. The van der Waals surface area contributed by atoms with Crippen LogP contribution in [-0.4, -0.2) is 29.7 Å². The van der Waals surface area contributed by atoms with Gasteiger partial charge in [0.1, 0.15) is 11.9 Å². The van der Waals surface area contributed by atoms with Gasteiger partial charge in [-0.15, -0.1) is 0 Å². The minimum absolute atomic E-state index is 0.0790. The molecule has 4 rings (SSSR count). The number of nitriles is 1. The molecule has 1 heterocycles. The van der Waals surface area contributed by atoms with Crippen LogP contribution >= 0.6 is 0 Å². The van der Waals surface area contributed by atoms with E-state index < -0.39 is 5.41 Å². The number of allylic oxidation sites excluding steroid dienone is 1. The number of hydrogen-bond acceptors (Lipinski definition) is 3. The van der Waals surface area contributed by atoms with Gasteiger partial charge in [-0.2, -0.15) is 5.26 Å². The maximum absolute atomic E-state index is 13.4. The summed E-state index contributed by atoms with van der Waals surface area (Å²) >= 11 is 0. The van der Waals surface area contributed by atoms with Gasteiger partial charge in [0.05, 0.1) is 5.57 Å². The maximum atomic E-state index is 13.4. The van der Waals surface area contributed by atoms with E-state index >= 15 is 0 Å². The van der Waals surface area contributed by atoms with Crippen LogP contribution in [0.3, 0.4) is 0 Å². The number of likely N-dealkylation sites (tertiary alicyclic amines) is 1. The summed E-state index contributed by atoms with van der Waals surface area (Å²) in [6.45, 7) is 4.82. The normalized spacial score (nSPS) is 23.7. The molecule has 2 aromatic carbocycles. The Morgan fingerprint density at radius 2 is 1.89 bits per heavy atom. The number of amides is 1. The Morgan fingerprint density at radius 3 is 2.64 bits per heavy atom. The van der Waals surface area contributed by atoms with E-state index in [9.17, 15) is 19.2 Å². The number of rotatable bonds is 1. The first-order chi connectivity index (χ1) is 13.2. The molecular weight excluding hydrogens is 355 g/mol. The number of halogens is 1. The molecule has 5 heteroatoms. The van der Waals surface area contributed by atoms with Gasteiger partial charge >= 0.3 is 0 Å². The Hall–Kier alpha value is -3.00. The average Bonchev–Trinajstić information content (AvgIpc) is 3.06. The van der Waals surface area contributed by atoms with Crippen molar-refractivity contribution in [1.29, 1.82) is 5.26 Å². The third-order valence-electron chi connectivity index (χ3n) is 5.95. The number of ketones is 1. The van der Waals surface area contributed by atoms with Crippen molar-refractivity contribution in [2.24, 2.45) is 10.8 Å². The van der Waals surface area contributed by atoms with Gasteiger partial charge in [-0.1, -0.05) is 32.1 Å². The van der Waals surface area contributed by atoms with Crippen LogP contribution in [-0.2, 0) is 4.79 Å². The van der Waals surface area contributed by atoms with E-state index in [4.69, 9.17) is 0 Å². The Bertz CT molecular complexity index is 1080. The molecule has 0 N–H and O–H groups in total. The van der Waals surface area contributed by atoms with Crippen molar-refractivity contribution in [2.45, 2.75) is 26.7 Å². The van der Waals surface area contributed by atoms with E-state index in [0.717, 1.165) is 17.2 Å². The predicted molar refractivity (Wildman–Crippen MR) is 104 cm³/mol. The number of benzene rings is 2. The molecule has 1 amide bonds. The molecule has 2 aliphatic rings. The molecule has 142 valence electrons. The lowest BCUT2D eigenvalue weighted by Crippen LogP contribution is -2.40. The highest BCUT2D eigenvalue weighted by atomic mass is 19.1. The van der Waals surface area contributed by atoms with Gasteiger partial charge in [-0.05, 0) is 47.9 Å². The van der Waals surface area contributed by atoms with Crippen molar-refractivity contribution in [3.8, 4) is 6.07 Å². The molecule has 1 aliphatic carbocycles. The molecule has 1 fully saturated rings. The standard InChI is InChI=1S/C23H21FN2O2/c1-22(2)13-23(11-18(12-25)20(22)27)7-8-26(14-23)21(28)17-4-3-16-10-19(24)6-5-15(16)9-17/h3-6,9-11H,7-8,13-14H2,1-2H3/t23-/m1/s1. The van der Waals surface area contributed by atoms with Crippen LogP contribution in [0.4, 0.5) is 4.39 Å². The minimum atomic E-state index is -0.605. The number of nitrogens with zero attached hydrogens (tertiary/aromatic N) is 2. The van der Waals surface area contributed by atoms with Gasteiger partial charge in [0.15, 0.2) is 5.78 Å². The summed E-state index contributed by atoms with van der Waals surface area (Å²) in [4.78, 5) is 27.3. The zero-order valence-corrected chi connectivity index (χ0v) is 16.0. The van der Waals surface area contributed by atoms with E-state index in [1.54, 1.807) is 35.2 Å². The van der Waals surface area contributed by atoms with Crippen molar-refractivity contribution in [3.05, 3.63) is 59.4 Å². The highest BCUT2D eigenvalue weighted by Gasteiger charge is 2.48. The lowest BCUT2D eigenvalue weighted by atomic mass is 9.64. The van der Waals surface area contributed by atoms with Crippen molar-refractivity contribution in [2.75, 3.05) is 13.1 Å². The zero-order valence-electron chi connectivity index (χ0n) is 16.0. The molecule has 0 bridgehead atoms. The van der Waals surface area contributed by atoms with E-state index in [1.165, 1.54) is 12.1 Å². The van der Waals surface area contributed by atoms with Gasteiger partial charge in [0, 0.05) is 29.5 Å². The Labute approximate surface area is 163 Å². The third kappa shape index (κ3) is 2.99. The molecule has 0 aromatic heterocycles. The summed E-state index contributed by atoms with van der Waals surface area (Å²) < 4.78 is 13.4. The summed E-state index contributed by atoms with van der Waals surface area (Å²) in [5, 5.41) is 10.9. The Kier molecular flexibility index (Phi) is 4.11.